The molecule has 0 aliphatic carbocycles. The highest BCUT2D eigenvalue weighted by Gasteiger charge is 2.30. The number of aromatic nitrogens is 2. The molecule has 2 heterocycles. The maximum atomic E-state index is 13.1. The van der Waals surface area contributed by atoms with E-state index in [1.807, 2.05) is 22.8 Å². The monoisotopic (exact) mass is 355 g/mol. The highest BCUT2D eigenvalue weighted by atomic mass is 16.1. The third-order valence-electron chi connectivity index (χ3n) is 5.65. The van der Waals surface area contributed by atoms with Crippen LogP contribution in [0.1, 0.15) is 64.4 Å². The minimum atomic E-state index is 0.103. The zero-order valence-electron chi connectivity index (χ0n) is 17.0. The van der Waals surface area contributed by atoms with E-state index in [0.29, 0.717) is 18.4 Å². The number of rotatable bonds is 5. The van der Waals surface area contributed by atoms with Gasteiger partial charge in [0.1, 0.15) is 5.82 Å². The molecule has 1 unspecified atom stereocenters. The summed E-state index contributed by atoms with van der Waals surface area (Å²) in [5.74, 6) is 2.35. The lowest BCUT2D eigenvalue weighted by atomic mass is 9.90. The third-order valence-corrected chi connectivity index (χ3v) is 5.65. The molecule has 1 aromatic carbocycles. The second kappa shape index (κ2) is 7.91. The number of fused-ring (bicyclic) bond motifs is 1. The molecule has 142 valence electrons. The van der Waals surface area contributed by atoms with E-state index in [1.54, 1.807) is 0 Å². The van der Waals surface area contributed by atoms with E-state index < -0.39 is 0 Å². The Labute approximate surface area is 157 Å². The predicted octanol–water partition coefficient (Wildman–Crippen LogP) is 4.54. The maximum Gasteiger partial charge on any atom is 0.261 e. The molecule has 26 heavy (non-hydrogen) atoms. The van der Waals surface area contributed by atoms with Gasteiger partial charge in [0.05, 0.1) is 16.9 Å². The SMILES string of the molecule is CCCC(c1nc2cc(C)ccc2c(=O)n1CC)N1C[C@H](C)C[C@H](C)C1. The number of hydrogen-bond acceptors (Lipinski definition) is 3. The van der Waals surface area contributed by atoms with Gasteiger partial charge in [0, 0.05) is 19.6 Å². The molecule has 4 heteroatoms. The summed E-state index contributed by atoms with van der Waals surface area (Å²) in [5.41, 5.74) is 2.09. The van der Waals surface area contributed by atoms with Crippen LogP contribution in [0.3, 0.4) is 0 Å². The predicted molar refractivity (Wildman–Crippen MR) is 109 cm³/mol. The van der Waals surface area contributed by atoms with Crippen LogP contribution in [0.5, 0.6) is 0 Å². The van der Waals surface area contributed by atoms with Gasteiger partial charge in [0.2, 0.25) is 0 Å². The van der Waals surface area contributed by atoms with Crippen LogP contribution in [0.2, 0.25) is 0 Å². The first-order valence-corrected chi connectivity index (χ1v) is 10.2. The van der Waals surface area contributed by atoms with Crippen molar-refractivity contribution in [2.75, 3.05) is 13.1 Å². The minimum absolute atomic E-state index is 0.103. The van der Waals surface area contributed by atoms with Crippen molar-refractivity contribution in [1.82, 2.24) is 14.5 Å². The summed E-state index contributed by atoms with van der Waals surface area (Å²) in [7, 11) is 0. The van der Waals surface area contributed by atoms with Crippen LogP contribution in [0.4, 0.5) is 0 Å². The largest absolute Gasteiger partial charge is 0.295 e. The van der Waals surface area contributed by atoms with Crippen molar-refractivity contribution in [3.8, 4) is 0 Å². The molecule has 0 spiro atoms. The van der Waals surface area contributed by atoms with Gasteiger partial charge >= 0.3 is 0 Å². The van der Waals surface area contributed by atoms with Crippen molar-refractivity contribution in [1.29, 1.82) is 0 Å². The number of piperidine rings is 1. The Kier molecular flexibility index (Phi) is 5.81. The van der Waals surface area contributed by atoms with Gasteiger partial charge in [-0.05, 0) is 56.2 Å². The van der Waals surface area contributed by atoms with Crippen LogP contribution < -0.4 is 5.56 Å². The molecule has 0 amide bonds. The molecule has 2 aromatic rings. The number of benzene rings is 1. The lowest BCUT2D eigenvalue weighted by Crippen LogP contribution is -2.43. The second-order valence-electron chi connectivity index (χ2n) is 8.24. The van der Waals surface area contributed by atoms with Crippen LogP contribution in [0.25, 0.3) is 10.9 Å². The first-order valence-electron chi connectivity index (χ1n) is 10.2. The quantitative estimate of drug-likeness (QED) is 0.790. The molecule has 0 saturated carbocycles. The molecule has 3 rings (SSSR count). The first kappa shape index (κ1) is 19.1. The van der Waals surface area contributed by atoms with Gasteiger partial charge in [-0.15, -0.1) is 0 Å². The average molecular weight is 356 g/mol. The van der Waals surface area contributed by atoms with E-state index in [2.05, 4.69) is 39.5 Å². The number of likely N-dealkylation sites (tertiary alicyclic amines) is 1. The van der Waals surface area contributed by atoms with Gasteiger partial charge in [-0.25, -0.2) is 4.98 Å². The Morgan fingerprint density at radius 2 is 1.88 bits per heavy atom. The zero-order chi connectivity index (χ0) is 18.8. The van der Waals surface area contributed by atoms with Crippen molar-refractivity contribution in [3.63, 3.8) is 0 Å². The van der Waals surface area contributed by atoms with Crippen molar-refractivity contribution < 1.29 is 0 Å². The highest BCUT2D eigenvalue weighted by molar-refractivity contribution is 5.78. The lowest BCUT2D eigenvalue weighted by molar-refractivity contribution is 0.0836. The minimum Gasteiger partial charge on any atom is -0.295 e. The standard InChI is InChI=1S/C22H33N3O/c1-6-8-20(24-13-16(4)11-17(5)14-24)21-23-19-12-15(3)9-10-18(19)22(26)25(21)7-2/h9-10,12,16-17,20H,6-8,11,13-14H2,1-5H3/t16-,17+,20?. The van der Waals surface area contributed by atoms with Gasteiger partial charge in [-0.2, -0.15) is 0 Å². The van der Waals surface area contributed by atoms with Crippen molar-refractivity contribution >= 4 is 10.9 Å². The summed E-state index contributed by atoms with van der Waals surface area (Å²) in [6.07, 6.45) is 3.43. The number of nitrogens with zero attached hydrogens (tertiary/aromatic N) is 3. The Morgan fingerprint density at radius 1 is 1.19 bits per heavy atom. The molecular formula is C22H33N3O. The summed E-state index contributed by atoms with van der Waals surface area (Å²) in [6, 6.07) is 6.20. The molecular weight excluding hydrogens is 322 g/mol. The fourth-order valence-corrected chi connectivity index (χ4v) is 4.62. The molecule has 0 N–H and O–H groups in total. The molecule has 1 aliphatic rings. The van der Waals surface area contributed by atoms with Crippen molar-refractivity contribution in [2.45, 2.75) is 66.5 Å². The summed E-state index contributed by atoms with van der Waals surface area (Å²) in [5, 5.41) is 0.733. The van der Waals surface area contributed by atoms with E-state index in [1.165, 1.54) is 6.42 Å². The summed E-state index contributed by atoms with van der Waals surface area (Å²) in [6.45, 7) is 13.9. The van der Waals surface area contributed by atoms with Crippen LogP contribution in [-0.2, 0) is 6.54 Å². The van der Waals surface area contributed by atoms with E-state index in [9.17, 15) is 4.79 Å². The normalized spacial score (nSPS) is 22.7. The molecule has 3 atom stereocenters. The van der Waals surface area contributed by atoms with Crippen LogP contribution in [0, 0.1) is 18.8 Å². The highest BCUT2D eigenvalue weighted by Crippen LogP contribution is 2.31. The smallest absolute Gasteiger partial charge is 0.261 e. The van der Waals surface area contributed by atoms with Gasteiger partial charge in [-0.1, -0.05) is 33.3 Å². The van der Waals surface area contributed by atoms with Gasteiger partial charge in [-0.3, -0.25) is 14.3 Å². The molecule has 0 bridgehead atoms. The molecule has 1 aliphatic heterocycles. The van der Waals surface area contributed by atoms with Crippen LogP contribution in [-0.4, -0.2) is 27.5 Å². The van der Waals surface area contributed by atoms with Crippen LogP contribution >= 0.6 is 0 Å². The Hall–Kier alpha value is -1.68. The Balaban J connectivity index is 2.13. The number of hydrogen-bond donors (Lipinski definition) is 0. The zero-order valence-corrected chi connectivity index (χ0v) is 17.0. The number of aryl methyl sites for hydroxylation is 1. The van der Waals surface area contributed by atoms with E-state index >= 15 is 0 Å². The molecule has 1 fully saturated rings. The van der Waals surface area contributed by atoms with E-state index in [4.69, 9.17) is 4.98 Å². The summed E-state index contributed by atoms with van der Waals surface area (Å²) >= 11 is 0. The van der Waals surface area contributed by atoms with Crippen LogP contribution in [0.15, 0.2) is 23.0 Å². The Bertz CT molecular complexity index is 816. The topological polar surface area (TPSA) is 38.1 Å². The van der Waals surface area contributed by atoms with Crippen molar-refractivity contribution in [3.05, 3.63) is 39.9 Å². The fraction of sp³-hybridized carbons (Fsp3) is 0.636. The second-order valence-corrected chi connectivity index (χ2v) is 8.24. The lowest BCUT2D eigenvalue weighted by Gasteiger charge is -2.40. The van der Waals surface area contributed by atoms with E-state index in [0.717, 1.165) is 48.2 Å². The first-order chi connectivity index (χ1) is 12.4. The third kappa shape index (κ3) is 3.71. The molecule has 1 aromatic heterocycles. The average Bonchev–Trinajstić information content (AvgIpc) is 2.58. The molecule has 1 saturated heterocycles. The Morgan fingerprint density at radius 3 is 2.50 bits per heavy atom. The van der Waals surface area contributed by atoms with Gasteiger partial charge < -0.3 is 0 Å². The van der Waals surface area contributed by atoms with Gasteiger partial charge in [0.25, 0.3) is 5.56 Å². The van der Waals surface area contributed by atoms with Crippen molar-refractivity contribution in [2.24, 2.45) is 11.8 Å². The molecule has 0 radical (unpaired) electrons. The maximum absolute atomic E-state index is 13.1. The van der Waals surface area contributed by atoms with E-state index in [-0.39, 0.29) is 11.6 Å². The fourth-order valence-electron chi connectivity index (χ4n) is 4.62. The summed E-state index contributed by atoms with van der Waals surface area (Å²) in [4.78, 5) is 20.7. The summed E-state index contributed by atoms with van der Waals surface area (Å²) < 4.78 is 1.90. The molecule has 4 nitrogen and oxygen atoms in total. The van der Waals surface area contributed by atoms with Gasteiger partial charge in [0.15, 0.2) is 0 Å².